The van der Waals surface area contributed by atoms with Crippen LogP contribution in [0.3, 0.4) is 0 Å². The summed E-state index contributed by atoms with van der Waals surface area (Å²) < 4.78 is 0. The van der Waals surface area contributed by atoms with Gasteiger partial charge in [0.25, 0.3) is 0 Å². The molecule has 0 aliphatic rings. The molecule has 0 amide bonds. The van der Waals surface area contributed by atoms with Crippen molar-refractivity contribution >= 4 is 5.78 Å². The highest BCUT2D eigenvalue weighted by atomic mass is 16.1. The molecule has 0 unspecified atom stereocenters. The van der Waals surface area contributed by atoms with Gasteiger partial charge in [-0.25, -0.2) is 0 Å². The molecule has 2 nitrogen and oxygen atoms in total. The number of benzene rings is 1. The van der Waals surface area contributed by atoms with Crippen LogP contribution in [0.15, 0.2) is 30.3 Å². The summed E-state index contributed by atoms with van der Waals surface area (Å²) in [5, 5.41) is 2.82. The number of Topliss-reactive ketones (excluding diaryl/α,β-unsaturated/α-hetero) is 1. The summed E-state index contributed by atoms with van der Waals surface area (Å²) in [6, 6.07) is 9.27. The fraction of sp³-hybridized carbons (Fsp3) is 0.364. The summed E-state index contributed by atoms with van der Waals surface area (Å²) >= 11 is 0. The molecule has 0 heterocycles. The molecule has 13 heavy (non-hydrogen) atoms. The topological polar surface area (TPSA) is 29.1 Å². The highest BCUT2D eigenvalue weighted by Gasteiger charge is 2.00. The molecule has 0 aromatic heterocycles. The lowest BCUT2D eigenvalue weighted by atomic mass is 10.1. The molecular formula is C11H17NO. The van der Waals surface area contributed by atoms with Crippen molar-refractivity contribution in [3.63, 3.8) is 0 Å². The zero-order valence-corrected chi connectivity index (χ0v) is 8.50. The standard InChI is InChI=1S/C9H11NO.C2H6/c1-10-7-9(11)8-5-3-2-4-6-8;1-2/h2-6,10H,7H2,1H3;1-2H3. The minimum absolute atomic E-state index is 0.133. The Balaban J connectivity index is 0.000000671. The molecule has 0 aliphatic heterocycles. The molecule has 1 rings (SSSR count). The first-order valence-electron chi connectivity index (χ1n) is 4.57. The first-order valence-corrected chi connectivity index (χ1v) is 4.57. The van der Waals surface area contributed by atoms with Crippen molar-refractivity contribution in [2.45, 2.75) is 13.8 Å². The molecular weight excluding hydrogens is 162 g/mol. The van der Waals surface area contributed by atoms with E-state index in [9.17, 15) is 4.79 Å². The number of ketones is 1. The van der Waals surface area contributed by atoms with Crippen molar-refractivity contribution in [2.24, 2.45) is 0 Å². The Hall–Kier alpha value is -1.15. The lowest BCUT2D eigenvalue weighted by molar-refractivity contribution is 0.0993. The Labute approximate surface area is 80.0 Å². The van der Waals surface area contributed by atoms with Crippen LogP contribution in [0, 0.1) is 0 Å². The van der Waals surface area contributed by atoms with Gasteiger partial charge >= 0.3 is 0 Å². The number of carbonyl (C=O) groups is 1. The van der Waals surface area contributed by atoms with E-state index in [1.807, 2.05) is 44.2 Å². The summed E-state index contributed by atoms with van der Waals surface area (Å²) in [7, 11) is 1.76. The summed E-state index contributed by atoms with van der Waals surface area (Å²) in [5.41, 5.74) is 0.766. The summed E-state index contributed by atoms with van der Waals surface area (Å²) in [6.45, 7) is 4.41. The van der Waals surface area contributed by atoms with E-state index in [2.05, 4.69) is 5.32 Å². The van der Waals surface area contributed by atoms with Gasteiger partial charge in [-0.05, 0) is 7.05 Å². The molecule has 1 N–H and O–H groups in total. The maximum Gasteiger partial charge on any atom is 0.176 e. The second-order valence-corrected chi connectivity index (χ2v) is 2.32. The van der Waals surface area contributed by atoms with Crippen molar-refractivity contribution in [1.29, 1.82) is 0 Å². The van der Waals surface area contributed by atoms with Crippen LogP contribution in [0.1, 0.15) is 24.2 Å². The van der Waals surface area contributed by atoms with Crippen LogP contribution >= 0.6 is 0 Å². The first-order chi connectivity index (χ1) is 6.34. The van der Waals surface area contributed by atoms with E-state index in [4.69, 9.17) is 0 Å². The van der Waals surface area contributed by atoms with Gasteiger partial charge in [0, 0.05) is 5.56 Å². The van der Waals surface area contributed by atoms with E-state index in [1.54, 1.807) is 7.05 Å². The normalized spacial score (nSPS) is 8.54. The van der Waals surface area contributed by atoms with Gasteiger partial charge in [-0.15, -0.1) is 0 Å². The Bertz CT molecular complexity index is 231. The van der Waals surface area contributed by atoms with Crippen LogP contribution in [0.5, 0.6) is 0 Å². The van der Waals surface area contributed by atoms with Gasteiger partial charge in [0.15, 0.2) is 5.78 Å². The van der Waals surface area contributed by atoms with Gasteiger partial charge in [-0.2, -0.15) is 0 Å². The number of hydrogen-bond donors (Lipinski definition) is 1. The van der Waals surface area contributed by atoms with Crippen LogP contribution in [-0.2, 0) is 0 Å². The third-order valence-electron chi connectivity index (χ3n) is 1.43. The minimum Gasteiger partial charge on any atom is -0.313 e. The molecule has 0 spiro atoms. The van der Waals surface area contributed by atoms with Gasteiger partial charge in [0.1, 0.15) is 0 Å². The highest BCUT2D eigenvalue weighted by molar-refractivity contribution is 5.97. The summed E-state index contributed by atoms with van der Waals surface area (Å²) in [5.74, 6) is 0.133. The van der Waals surface area contributed by atoms with Gasteiger partial charge in [0.2, 0.25) is 0 Å². The van der Waals surface area contributed by atoms with Crippen molar-refractivity contribution < 1.29 is 4.79 Å². The fourth-order valence-corrected chi connectivity index (χ4v) is 0.887. The Morgan fingerprint density at radius 2 is 1.77 bits per heavy atom. The van der Waals surface area contributed by atoms with E-state index in [1.165, 1.54) is 0 Å². The van der Waals surface area contributed by atoms with E-state index in [-0.39, 0.29) is 5.78 Å². The average Bonchev–Trinajstić information content (AvgIpc) is 2.23. The Morgan fingerprint density at radius 3 is 2.23 bits per heavy atom. The quantitative estimate of drug-likeness (QED) is 0.720. The predicted molar refractivity (Wildman–Crippen MR) is 56.0 cm³/mol. The lowest BCUT2D eigenvalue weighted by Crippen LogP contribution is -2.18. The Kier molecular flexibility index (Phi) is 6.83. The number of carbonyl (C=O) groups excluding carboxylic acids is 1. The zero-order valence-electron chi connectivity index (χ0n) is 8.50. The monoisotopic (exact) mass is 179 g/mol. The van der Waals surface area contributed by atoms with Gasteiger partial charge in [0.05, 0.1) is 6.54 Å². The van der Waals surface area contributed by atoms with Crippen LogP contribution in [0.2, 0.25) is 0 Å². The maximum atomic E-state index is 11.2. The molecule has 72 valence electrons. The van der Waals surface area contributed by atoms with Crippen LogP contribution in [0.4, 0.5) is 0 Å². The predicted octanol–water partition coefficient (Wildman–Crippen LogP) is 2.11. The van der Waals surface area contributed by atoms with E-state index < -0.39 is 0 Å². The van der Waals surface area contributed by atoms with E-state index >= 15 is 0 Å². The number of hydrogen-bond acceptors (Lipinski definition) is 2. The summed E-state index contributed by atoms with van der Waals surface area (Å²) in [4.78, 5) is 11.2. The van der Waals surface area contributed by atoms with E-state index in [0.29, 0.717) is 6.54 Å². The van der Waals surface area contributed by atoms with Gasteiger partial charge in [-0.3, -0.25) is 4.79 Å². The average molecular weight is 179 g/mol. The van der Waals surface area contributed by atoms with Crippen molar-refractivity contribution in [3.8, 4) is 0 Å². The highest BCUT2D eigenvalue weighted by Crippen LogP contribution is 1.98. The second-order valence-electron chi connectivity index (χ2n) is 2.32. The molecule has 0 radical (unpaired) electrons. The van der Waals surface area contributed by atoms with Crippen molar-refractivity contribution in [1.82, 2.24) is 5.32 Å². The zero-order chi connectivity index (χ0) is 10.1. The molecule has 0 fully saturated rings. The third-order valence-corrected chi connectivity index (χ3v) is 1.43. The molecule has 0 atom stereocenters. The van der Waals surface area contributed by atoms with Crippen molar-refractivity contribution in [2.75, 3.05) is 13.6 Å². The van der Waals surface area contributed by atoms with Crippen LogP contribution in [-0.4, -0.2) is 19.4 Å². The van der Waals surface area contributed by atoms with Crippen LogP contribution < -0.4 is 5.32 Å². The molecule has 2 heteroatoms. The lowest BCUT2D eigenvalue weighted by Gasteiger charge is -1.97. The van der Waals surface area contributed by atoms with Crippen LogP contribution in [0.25, 0.3) is 0 Å². The Morgan fingerprint density at radius 1 is 1.23 bits per heavy atom. The number of likely N-dealkylation sites (N-methyl/N-ethyl adjacent to an activating group) is 1. The molecule has 0 bridgehead atoms. The number of rotatable bonds is 3. The van der Waals surface area contributed by atoms with Gasteiger partial charge < -0.3 is 5.32 Å². The largest absolute Gasteiger partial charge is 0.313 e. The first kappa shape index (κ1) is 11.8. The SMILES string of the molecule is CC.CNCC(=O)c1ccccc1. The van der Waals surface area contributed by atoms with Gasteiger partial charge in [-0.1, -0.05) is 44.2 Å². The fourth-order valence-electron chi connectivity index (χ4n) is 0.887. The summed E-state index contributed by atoms with van der Waals surface area (Å²) in [6.07, 6.45) is 0. The molecule has 1 aromatic carbocycles. The maximum absolute atomic E-state index is 11.2. The molecule has 0 saturated carbocycles. The molecule has 0 aliphatic carbocycles. The molecule has 0 saturated heterocycles. The molecule has 1 aromatic rings. The smallest absolute Gasteiger partial charge is 0.176 e. The number of nitrogens with one attached hydrogen (secondary N) is 1. The van der Waals surface area contributed by atoms with E-state index in [0.717, 1.165) is 5.56 Å². The third kappa shape index (κ3) is 4.43. The minimum atomic E-state index is 0.133. The second kappa shape index (κ2) is 7.50. The van der Waals surface area contributed by atoms with Crippen molar-refractivity contribution in [3.05, 3.63) is 35.9 Å².